The molecular weight excluding hydrogens is 370 g/mol. The second-order valence-electron chi connectivity index (χ2n) is 6.35. The smallest absolute Gasteiger partial charge is 0.308 e. The quantitative estimate of drug-likeness (QED) is 0.397. The highest BCUT2D eigenvalue weighted by atomic mass is 16.6. The highest BCUT2D eigenvalue weighted by Gasteiger charge is 2.35. The van der Waals surface area contributed by atoms with Crippen molar-refractivity contribution in [3.8, 4) is 5.75 Å². The van der Waals surface area contributed by atoms with Crippen LogP contribution in [0.25, 0.3) is 0 Å². The van der Waals surface area contributed by atoms with Gasteiger partial charge in [-0.15, -0.1) is 0 Å². The number of nitrogens with one attached hydrogen (secondary N) is 1. The first-order valence-corrected chi connectivity index (χ1v) is 8.95. The molecule has 10 heteroatoms. The van der Waals surface area contributed by atoms with Gasteiger partial charge in [0.2, 0.25) is 5.91 Å². The van der Waals surface area contributed by atoms with Crippen LogP contribution in [0.3, 0.4) is 0 Å². The molecule has 1 aliphatic heterocycles. The van der Waals surface area contributed by atoms with E-state index in [-0.39, 0.29) is 43.7 Å². The van der Waals surface area contributed by atoms with Gasteiger partial charge in [-0.1, -0.05) is 6.92 Å². The Kier molecular flexibility index (Phi) is 7.30. The molecule has 28 heavy (non-hydrogen) atoms. The van der Waals surface area contributed by atoms with Crippen LogP contribution in [-0.2, 0) is 19.1 Å². The molecule has 2 rings (SSSR count). The number of carbonyl (C=O) groups is 3. The molecule has 1 saturated heterocycles. The molecule has 1 aliphatic rings. The van der Waals surface area contributed by atoms with E-state index in [1.165, 1.54) is 29.2 Å². The largest absolute Gasteiger partial charge is 0.484 e. The maximum absolute atomic E-state index is 12.5. The lowest BCUT2D eigenvalue weighted by Crippen LogP contribution is -2.58. The molecule has 10 nitrogen and oxygen atoms in total. The van der Waals surface area contributed by atoms with Gasteiger partial charge in [0.15, 0.2) is 6.61 Å². The number of non-ortho nitro benzene ring substituents is 1. The fraction of sp³-hybridized carbons (Fsp3) is 0.500. The number of hydrogen-bond acceptors (Lipinski definition) is 7. The lowest BCUT2D eigenvalue weighted by Gasteiger charge is -2.34. The summed E-state index contributed by atoms with van der Waals surface area (Å²) in [7, 11) is 0. The maximum atomic E-state index is 12.5. The Balaban J connectivity index is 1.97. The molecule has 1 N–H and O–H groups in total. The number of piperazine rings is 1. The molecule has 2 unspecified atom stereocenters. The summed E-state index contributed by atoms with van der Waals surface area (Å²) in [6.07, 6.45) is 0.141. The van der Waals surface area contributed by atoms with Gasteiger partial charge < -0.3 is 19.7 Å². The van der Waals surface area contributed by atoms with Crippen LogP contribution in [0.2, 0.25) is 0 Å². The molecule has 152 valence electrons. The van der Waals surface area contributed by atoms with Crippen molar-refractivity contribution in [3.63, 3.8) is 0 Å². The number of esters is 1. The molecule has 0 bridgehead atoms. The van der Waals surface area contributed by atoms with E-state index >= 15 is 0 Å². The fourth-order valence-corrected chi connectivity index (χ4v) is 2.62. The minimum atomic E-state index is -0.960. The normalized spacial score (nSPS) is 17.4. The lowest BCUT2D eigenvalue weighted by atomic mass is 10.1. The number of nitro groups is 1. The van der Waals surface area contributed by atoms with Crippen molar-refractivity contribution in [2.45, 2.75) is 38.8 Å². The van der Waals surface area contributed by atoms with E-state index in [1.807, 2.05) is 6.92 Å². The molecule has 0 aliphatic carbocycles. The van der Waals surface area contributed by atoms with Crippen molar-refractivity contribution >= 4 is 23.5 Å². The van der Waals surface area contributed by atoms with E-state index in [2.05, 4.69) is 5.32 Å². The highest BCUT2D eigenvalue weighted by molar-refractivity contribution is 5.92. The number of ether oxygens (including phenoxy) is 2. The van der Waals surface area contributed by atoms with Crippen LogP contribution in [0.4, 0.5) is 5.69 Å². The molecule has 0 saturated carbocycles. The predicted octanol–water partition coefficient (Wildman–Crippen LogP) is 1.03. The maximum Gasteiger partial charge on any atom is 0.308 e. The first kappa shape index (κ1) is 21.1. The molecule has 1 heterocycles. The number of benzene rings is 1. The number of nitro benzene ring substituents is 1. The van der Waals surface area contributed by atoms with Gasteiger partial charge in [-0.25, -0.2) is 0 Å². The van der Waals surface area contributed by atoms with Gasteiger partial charge in [-0.05, 0) is 25.5 Å². The summed E-state index contributed by atoms with van der Waals surface area (Å²) >= 11 is 0. The summed E-state index contributed by atoms with van der Waals surface area (Å²) < 4.78 is 10.6. The SMILES string of the molecule is CCC(C)OC(=O)CC1C(=O)NCCN1C(=O)COc1ccc([N+](=O)[O-])cc1. The standard InChI is InChI=1S/C18H23N3O7/c1-3-12(2)28-17(23)10-15-18(24)19-8-9-20(15)16(22)11-27-14-6-4-13(5-7-14)21(25)26/h4-7,12,15H,3,8-11H2,1-2H3,(H,19,24). The molecule has 2 amide bonds. The summed E-state index contributed by atoms with van der Waals surface area (Å²) in [6.45, 7) is 3.78. The second-order valence-corrected chi connectivity index (χ2v) is 6.35. The van der Waals surface area contributed by atoms with Gasteiger partial charge in [0.05, 0.1) is 17.4 Å². The van der Waals surface area contributed by atoms with Crippen molar-refractivity contribution < 1.29 is 28.8 Å². The van der Waals surface area contributed by atoms with E-state index in [0.717, 1.165) is 0 Å². The molecule has 1 fully saturated rings. The zero-order chi connectivity index (χ0) is 20.7. The zero-order valence-electron chi connectivity index (χ0n) is 15.8. The van der Waals surface area contributed by atoms with Crippen LogP contribution in [0.1, 0.15) is 26.7 Å². The first-order chi connectivity index (χ1) is 13.3. The van der Waals surface area contributed by atoms with E-state index < -0.39 is 28.7 Å². The average Bonchev–Trinajstić information content (AvgIpc) is 2.67. The topological polar surface area (TPSA) is 128 Å². The van der Waals surface area contributed by atoms with Crippen molar-refractivity contribution in [1.29, 1.82) is 0 Å². The van der Waals surface area contributed by atoms with Crippen molar-refractivity contribution in [3.05, 3.63) is 34.4 Å². The summed E-state index contributed by atoms with van der Waals surface area (Å²) in [6, 6.07) is 4.34. The molecule has 0 aromatic heterocycles. The third-order valence-electron chi connectivity index (χ3n) is 4.33. The summed E-state index contributed by atoms with van der Waals surface area (Å²) in [5, 5.41) is 13.3. The molecule has 1 aromatic rings. The molecular formula is C18H23N3O7. The molecule has 0 radical (unpaired) electrons. The zero-order valence-corrected chi connectivity index (χ0v) is 15.8. The van der Waals surface area contributed by atoms with Crippen LogP contribution < -0.4 is 10.1 Å². The number of rotatable bonds is 8. The number of nitrogens with zero attached hydrogens (tertiary/aromatic N) is 2. The third-order valence-corrected chi connectivity index (χ3v) is 4.33. The molecule has 2 atom stereocenters. The van der Waals surface area contributed by atoms with Gasteiger partial charge in [-0.2, -0.15) is 0 Å². The van der Waals surface area contributed by atoms with Gasteiger partial charge in [0.1, 0.15) is 11.8 Å². The number of carbonyl (C=O) groups excluding carboxylic acids is 3. The van der Waals surface area contributed by atoms with Crippen LogP contribution >= 0.6 is 0 Å². The van der Waals surface area contributed by atoms with Gasteiger partial charge in [0, 0.05) is 25.2 Å². The van der Waals surface area contributed by atoms with Gasteiger partial charge >= 0.3 is 5.97 Å². The first-order valence-electron chi connectivity index (χ1n) is 8.95. The Hall–Kier alpha value is -3.17. The summed E-state index contributed by atoms with van der Waals surface area (Å²) in [5.74, 6) is -1.15. The van der Waals surface area contributed by atoms with E-state index in [0.29, 0.717) is 6.42 Å². The Bertz CT molecular complexity index is 735. The Morgan fingerprint density at radius 1 is 1.36 bits per heavy atom. The van der Waals surface area contributed by atoms with Crippen LogP contribution in [0.15, 0.2) is 24.3 Å². The molecule has 0 spiro atoms. The lowest BCUT2D eigenvalue weighted by molar-refractivity contribution is -0.384. The highest BCUT2D eigenvalue weighted by Crippen LogP contribution is 2.18. The van der Waals surface area contributed by atoms with Crippen LogP contribution in [0, 0.1) is 10.1 Å². The number of hydrogen-bond donors (Lipinski definition) is 1. The van der Waals surface area contributed by atoms with Crippen LogP contribution in [-0.4, -0.2) is 59.4 Å². The van der Waals surface area contributed by atoms with Crippen molar-refractivity contribution in [2.75, 3.05) is 19.7 Å². The van der Waals surface area contributed by atoms with Gasteiger partial charge in [0.25, 0.3) is 11.6 Å². The van der Waals surface area contributed by atoms with Crippen LogP contribution in [0.5, 0.6) is 5.75 Å². The minimum absolute atomic E-state index is 0.0914. The van der Waals surface area contributed by atoms with Crippen molar-refractivity contribution in [1.82, 2.24) is 10.2 Å². The van der Waals surface area contributed by atoms with Crippen molar-refractivity contribution in [2.24, 2.45) is 0 Å². The van der Waals surface area contributed by atoms with Gasteiger partial charge in [-0.3, -0.25) is 24.5 Å². The Labute approximate surface area is 161 Å². The summed E-state index contributed by atoms with van der Waals surface area (Å²) in [4.78, 5) is 48.1. The Morgan fingerprint density at radius 3 is 2.64 bits per heavy atom. The summed E-state index contributed by atoms with van der Waals surface area (Å²) in [5.41, 5.74) is -0.0914. The molecule has 1 aromatic carbocycles. The average molecular weight is 393 g/mol. The second kappa shape index (κ2) is 9.67. The predicted molar refractivity (Wildman–Crippen MR) is 97.6 cm³/mol. The Morgan fingerprint density at radius 2 is 2.04 bits per heavy atom. The third kappa shape index (κ3) is 5.66. The fourth-order valence-electron chi connectivity index (χ4n) is 2.62. The number of amides is 2. The minimum Gasteiger partial charge on any atom is -0.484 e. The van der Waals surface area contributed by atoms with E-state index in [9.17, 15) is 24.5 Å². The monoisotopic (exact) mass is 393 g/mol. The van der Waals surface area contributed by atoms with E-state index in [1.54, 1.807) is 6.92 Å². The van der Waals surface area contributed by atoms with E-state index in [4.69, 9.17) is 9.47 Å².